The molecular formula is C20H23F3N2O2S. The van der Waals surface area contributed by atoms with Crippen LogP contribution in [0.5, 0.6) is 0 Å². The highest BCUT2D eigenvalue weighted by Crippen LogP contribution is 2.41. The molecule has 28 heavy (non-hydrogen) atoms. The molecule has 4 rings (SSSR count). The van der Waals surface area contributed by atoms with Gasteiger partial charge in [-0.1, -0.05) is 12.8 Å². The smallest absolute Gasteiger partial charge is 0.339 e. The Labute approximate surface area is 166 Å². The summed E-state index contributed by atoms with van der Waals surface area (Å²) in [5.41, 5.74) is -0.628. The van der Waals surface area contributed by atoms with Gasteiger partial charge < -0.3 is 10.2 Å². The Balaban J connectivity index is 1.44. The summed E-state index contributed by atoms with van der Waals surface area (Å²) >= 11 is 1.18. The molecule has 0 aromatic heterocycles. The van der Waals surface area contributed by atoms with Crippen LogP contribution in [0, 0.1) is 5.92 Å². The maximum Gasteiger partial charge on any atom is 0.416 e. The number of hydrogen-bond acceptors (Lipinski definition) is 3. The number of thioether (sulfide) groups is 1. The van der Waals surface area contributed by atoms with Gasteiger partial charge in [-0.25, -0.2) is 0 Å². The van der Waals surface area contributed by atoms with Crippen molar-refractivity contribution in [1.29, 1.82) is 0 Å². The molecule has 2 fully saturated rings. The largest absolute Gasteiger partial charge is 0.416 e. The van der Waals surface area contributed by atoms with E-state index in [2.05, 4.69) is 5.32 Å². The van der Waals surface area contributed by atoms with Gasteiger partial charge in [0.1, 0.15) is 0 Å². The highest BCUT2D eigenvalue weighted by Gasteiger charge is 2.39. The van der Waals surface area contributed by atoms with Gasteiger partial charge in [-0.3, -0.25) is 9.59 Å². The molecule has 1 aromatic carbocycles. The third kappa shape index (κ3) is 3.88. The average molecular weight is 412 g/mol. The van der Waals surface area contributed by atoms with E-state index in [1.807, 2.05) is 4.90 Å². The van der Waals surface area contributed by atoms with Crippen LogP contribution in [-0.4, -0.2) is 34.6 Å². The number of carbonyl (C=O) groups is 2. The Morgan fingerprint density at radius 3 is 2.64 bits per heavy atom. The molecule has 8 heteroatoms. The van der Waals surface area contributed by atoms with E-state index in [4.69, 9.17) is 0 Å². The number of rotatable bonds is 3. The number of alkyl halides is 3. The van der Waals surface area contributed by atoms with Crippen molar-refractivity contribution < 1.29 is 22.8 Å². The van der Waals surface area contributed by atoms with E-state index in [-0.39, 0.29) is 24.1 Å². The SMILES string of the molecule is O=C1Nc2cc(C(F)(F)F)ccc2S[C@@H]1CC(=O)N1CCC[C@@H]1C1CCCC1. The highest BCUT2D eigenvalue weighted by atomic mass is 32.2. The summed E-state index contributed by atoms with van der Waals surface area (Å²) < 4.78 is 38.6. The number of amides is 2. The van der Waals surface area contributed by atoms with Gasteiger partial charge in [0.2, 0.25) is 11.8 Å². The first kappa shape index (κ1) is 19.6. The van der Waals surface area contributed by atoms with E-state index >= 15 is 0 Å². The Hall–Kier alpha value is -1.70. The van der Waals surface area contributed by atoms with Crippen molar-refractivity contribution in [3.8, 4) is 0 Å². The molecule has 0 bridgehead atoms. The Morgan fingerprint density at radius 1 is 1.18 bits per heavy atom. The first-order valence-electron chi connectivity index (χ1n) is 9.81. The summed E-state index contributed by atoms with van der Waals surface area (Å²) in [5, 5.41) is 1.94. The van der Waals surface area contributed by atoms with Crippen LogP contribution >= 0.6 is 11.8 Å². The molecule has 1 N–H and O–H groups in total. The molecule has 1 aliphatic carbocycles. The van der Waals surface area contributed by atoms with Crippen LogP contribution in [-0.2, 0) is 15.8 Å². The minimum atomic E-state index is -4.46. The number of halogens is 3. The van der Waals surface area contributed by atoms with E-state index in [1.165, 1.54) is 43.5 Å². The summed E-state index contributed by atoms with van der Waals surface area (Å²) in [6.45, 7) is 0.741. The topological polar surface area (TPSA) is 49.4 Å². The molecule has 3 aliphatic rings. The summed E-state index contributed by atoms with van der Waals surface area (Å²) in [6.07, 6.45) is 2.44. The lowest BCUT2D eigenvalue weighted by atomic mass is 9.96. The molecule has 2 heterocycles. The van der Waals surface area contributed by atoms with Crippen LogP contribution in [0.15, 0.2) is 23.1 Å². The highest BCUT2D eigenvalue weighted by molar-refractivity contribution is 8.01. The normalized spacial score (nSPS) is 25.7. The third-order valence-corrected chi connectivity index (χ3v) is 7.33. The molecular weight excluding hydrogens is 389 g/mol. The maximum atomic E-state index is 12.9. The molecule has 4 nitrogen and oxygen atoms in total. The molecule has 2 atom stereocenters. The van der Waals surface area contributed by atoms with Crippen molar-refractivity contribution in [2.45, 2.75) is 67.3 Å². The predicted molar refractivity (Wildman–Crippen MR) is 101 cm³/mol. The second-order valence-electron chi connectivity index (χ2n) is 7.85. The Morgan fingerprint density at radius 2 is 1.93 bits per heavy atom. The number of anilines is 1. The zero-order chi connectivity index (χ0) is 19.9. The second-order valence-corrected chi connectivity index (χ2v) is 9.09. The van der Waals surface area contributed by atoms with E-state index in [0.29, 0.717) is 10.8 Å². The third-order valence-electron chi connectivity index (χ3n) is 6.05. The quantitative estimate of drug-likeness (QED) is 0.784. The average Bonchev–Trinajstić information content (AvgIpc) is 3.32. The van der Waals surface area contributed by atoms with Crippen molar-refractivity contribution in [2.24, 2.45) is 5.92 Å². The lowest BCUT2D eigenvalue weighted by molar-refractivity contribution is -0.137. The fourth-order valence-corrected chi connectivity index (χ4v) is 5.75. The molecule has 152 valence electrons. The molecule has 1 aromatic rings. The van der Waals surface area contributed by atoms with Crippen LogP contribution in [0.25, 0.3) is 0 Å². The van der Waals surface area contributed by atoms with Crippen molar-refractivity contribution in [1.82, 2.24) is 4.90 Å². The van der Waals surface area contributed by atoms with Crippen LogP contribution < -0.4 is 5.32 Å². The number of carbonyl (C=O) groups excluding carboxylic acids is 2. The zero-order valence-electron chi connectivity index (χ0n) is 15.4. The number of fused-ring (bicyclic) bond motifs is 1. The lowest BCUT2D eigenvalue weighted by Crippen LogP contribution is -2.42. The first-order valence-corrected chi connectivity index (χ1v) is 10.7. The van der Waals surface area contributed by atoms with Crippen LogP contribution in [0.4, 0.5) is 18.9 Å². The van der Waals surface area contributed by atoms with Gasteiger partial charge in [-0.15, -0.1) is 11.8 Å². The molecule has 0 spiro atoms. The standard InChI is InChI=1S/C20H23F3N2O2S/c21-20(22,23)13-7-8-16-14(10-13)24-19(27)17(28-16)11-18(26)25-9-3-6-15(25)12-4-1-2-5-12/h7-8,10,12,15,17H,1-6,9,11H2,(H,24,27)/t15-,17-/m1/s1. The molecule has 0 unspecified atom stereocenters. The van der Waals surface area contributed by atoms with E-state index in [9.17, 15) is 22.8 Å². The Kier molecular flexibility index (Phi) is 5.33. The number of likely N-dealkylation sites (tertiary alicyclic amines) is 1. The van der Waals surface area contributed by atoms with E-state index in [1.54, 1.807) is 0 Å². The molecule has 2 aliphatic heterocycles. The minimum absolute atomic E-state index is 0.0163. The van der Waals surface area contributed by atoms with Gasteiger partial charge in [0.15, 0.2) is 0 Å². The molecule has 1 saturated heterocycles. The van der Waals surface area contributed by atoms with Crippen molar-refractivity contribution in [2.75, 3.05) is 11.9 Å². The van der Waals surface area contributed by atoms with Crippen LogP contribution in [0.3, 0.4) is 0 Å². The Bertz CT molecular complexity index is 777. The summed E-state index contributed by atoms with van der Waals surface area (Å²) in [5.74, 6) is 0.153. The molecule has 2 amide bonds. The number of benzene rings is 1. The van der Waals surface area contributed by atoms with E-state index in [0.717, 1.165) is 31.5 Å². The van der Waals surface area contributed by atoms with Crippen LogP contribution in [0.1, 0.15) is 50.5 Å². The fourth-order valence-electron chi connectivity index (χ4n) is 4.67. The minimum Gasteiger partial charge on any atom is -0.339 e. The lowest BCUT2D eigenvalue weighted by Gasteiger charge is -2.31. The van der Waals surface area contributed by atoms with Crippen LogP contribution in [0.2, 0.25) is 0 Å². The number of nitrogens with one attached hydrogen (secondary N) is 1. The second kappa shape index (κ2) is 7.61. The van der Waals surface area contributed by atoms with Crippen molar-refractivity contribution in [3.05, 3.63) is 23.8 Å². The van der Waals surface area contributed by atoms with Gasteiger partial charge in [-0.2, -0.15) is 13.2 Å². The van der Waals surface area contributed by atoms with Gasteiger partial charge in [0.05, 0.1) is 16.5 Å². The monoisotopic (exact) mass is 412 g/mol. The predicted octanol–water partition coefficient (Wildman–Crippen LogP) is 4.69. The van der Waals surface area contributed by atoms with Gasteiger partial charge in [0.25, 0.3) is 0 Å². The summed E-state index contributed by atoms with van der Waals surface area (Å²) in [4.78, 5) is 27.8. The van der Waals surface area contributed by atoms with Gasteiger partial charge >= 0.3 is 6.18 Å². The summed E-state index contributed by atoms with van der Waals surface area (Å²) in [6, 6.07) is 3.62. The number of nitrogens with zero attached hydrogens (tertiary/aromatic N) is 1. The number of hydrogen-bond donors (Lipinski definition) is 1. The first-order chi connectivity index (χ1) is 13.3. The zero-order valence-corrected chi connectivity index (χ0v) is 16.2. The molecule has 0 radical (unpaired) electrons. The fraction of sp³-hybridized carbons (Fsp3) is 0.600. The van der Waals surface area contributed by atoms with Gasteiger partial charge in [-0.05, 0) is 49.8 Å². The van der Waals surface area contributed by atoms with E-state index < -0.39 is 22.9 Å². The van der Waals surface area contributed by atoms with Gasteiger partial charge in [0, 0.05) is 23.9 Å². The molecule has 1 saturated carbocycles. The summed E-state index contributed by atoms with van der Waals surface area (Å²) in [7, 11) is 0. The van der Waals surface area contributed by atoms with Crippen molar-refractivity contribution >= 4 is 29.3 Å². The van der Waals surface area contributed by atoms with Crippen molar-refractivity contribution in [3.63, 3.8) is 0 Å². The maximum absolute atomic E-state index is 12.9.